The van der Waals surface area contributed by atoms with Crippen LogP contribution in [0.1, 0.15) is 46.7 Å². The molecular formula is C13H14O5. The van der Waals surface area contributed by atoms with Crippen molar-refractivity contribution in [2.75, 3.05) is 6.61 Å². The van der Waals surface area contributed by atoms with E-state index in [2.05, 4.69) is 0 Å². The third-order valence-electron chi connectivity index (χ3n) is 2.89. The van der Waals surface area contributed by atoms with Gasteiger partial charge in [0.1, 0.15) is 11.3 Å². The number of esters is 1. The number of hydrogen-bond acceptors (Lipinski definition) is 5. The van der Waals surface area contributed by atoms with Gasteiger partial charge >= 0.3 is 11.6 Å². The minimum absolute atomic E-state index is 0.0990. The molecule has 2 rings (SSSR count). The summed E-state index contributed by atoms with van der Waals surface area (Å²) in [7, 11) is 0. The third kappa shape index (κ3) is 2.20. The summed E-state index contributed by atoms with van der Waals surface area (Å²) < 4.78 is 9.81. The molecule has 18 heavy (non-hydrogen) atoms. The third-order valence-corrected chi connectivity index (χ3v) is 2.89. The van der Waals surface area contributed by atoms with Crippen LogP contribution in [0.15, 0.2) is 15.3 Å². The van der Waals surface area contributed by atoms with Crippen LogP contribution in [0.4, 0.5) is 0 Å². The number of Topliss-reactive ketones (excluding diaryl/α,β-unsaturated/α-hetero) is 1. The highest BCUT2D eigenvalue weighted by Gasteiger charge is 2.27. The van der Waals surface area contributed by atoms with Gasteiger partial charge in [0.2, 0.25) is 0 Å². The van der Waals surface area contributed by atoms with Crippen molar-refractivity contribution in [3.63, 3.8) is 0 Å². The lowest BCUT2D eigenvalue weighted by molar-refractivity contribution is 0.0520. The van der Waals surface area contributed by atoms with Gasteiger partial charge in [-0.05, 0) is 18.9 Å². The monoisotopic (exact) mass is 250 g/mol. The van der Waals surface area contributed by atoms with E-state index in [0.29, 0.717) is 24.2 Å². The van der Waals surface area contributed by atoms with Gasteiger partial charge in [-0.25, -0.2) is 9.59 Å². The highest BCUT2D eigenvalue weighted by Crippen LogP contribution is 2.24. The zero-order valence-corrected chi connectivity index (χ0v) is 10.3. The fourth-order valence-electron chi connectivity index (χ4n) is 2.06. The highest BCUT2D eigenvalue weighted by atomic mass is 16.5. The Hall–Kier alpha value is -1.91. The molecule has 1 unspecified atom stereocenters. The Morgan fingerprint density at radius 3 is 2.83 bits per heavy atom. The smallest absolute Gasteiger partial charge is 0.350 e. The maximum absolute atomic E-state index is 11.8. The Morgan fingerprint density at radius 1 is 1.44 bits per heavy atom. The number of carbonyl (C=O) groups is 2. The molecule has 1 aliphatic carbocycles. The molecule has 0 saturated carbocycles. The molecule has 0 bridgehead atoms. The maximum atomic E-state index is 11.8. The second kappa shape index (κ2) is 4.76. The van der Waals surface area contributed by atoms with Crippen LogP contribution in [0, 0.1) is 5.92 Å². The van der Waals surface area contributed by atoms with Gasteiger partial charge in [0.25, 0.3) is 0 Å². The van der Waals surface area contributed by atoms with Crippen molar-refractivity contribution >= 4 is 11.8 Å². The zero-order valence-electron chi connectivity index (χ0n) is 10.3. The first kappa shape index (κ1) is 12.5. The largest absolute Gasteiger partial charge is 0.462 e. The average Bonchev–Trinajstić information content (AvgIpc) is 2.27. The van der Waals surface area contributed by atoms with Gasteiger partial charge in [0.05, 0.1) is 12.2 Å². The van der Waals surface area contributed by atoms with Gasteiger partial charge in [-0.3, -0.25) is 4.79 Å². The van der Waals surface area contributed by atoms with Gasteiger partial charge in [0.15, 0.2) is 5.78 Å². The second-order valence-electron chi connectivity index (χ2n) is 4.44. The van der Waals surface area contributed by atoms with Crippen LogP contribution in [0.5, 0.6) is 0 Å². The fraction of sp³-hybridized carbons (Fsp3) is 0.462. The van der Waals surface area contributed by atoms with Gasteiger partial charge < -0.3 is 9.15 Å². The molecule has 1 aliphatic rings. The first-order chi connectivity index (χ1) is 8.52. The van der Waals surface area contributed by atoms with E-state index in [0.717, 1.165) is 0 Å². The predicted octanol–water partition coefficient (Wildman–Crippen LogP) is 1.58. The van der Waals surface area contributed by atoms with Crippen LogP contribution >= 0.6 is 0 Å². The molecule has 0 saturated heterocycles. The highest BCUT2D eigenvalue weighted by molar-refractivity contribution is 6.00. The van der Waals surface area contributed by atoms with Gasteiger partial charge in [-0.1, -0.05) is 6.92 Å². The fourth-order valence-corrected chi connectivity index (χ4v) is 2.06. The first-order valence-electron chi connectivity index (χ1n) is 5.90. The molecule has 0 radical (unpaired) electrons. The number of hydrogen-bond donors (Lipinski definition) is 0. The maximum Gasteiger partial charge on any atom is 0.350 e. The van der Waals surface area contributed by atoms with Crippen molar-refractivity contribution in [2.45, 2.75) is 26.7 Å². The molecular weight excluding hydrogens is 236 g/mol. The summed E-state index contributed by atoms with van der Waals surface area (Å²) >= 11 is 0. The standard InChI is InChI=1S/C13H14O5/c1-3-17-12(15)9-6-8-10(14)4-7(2)5-11(8)18-13(9)16/h6-7H,3-5H2,1-2H3. The lowest BCUT2D eigenvalue weighted by atomic mass is 9.87. The van der Waals surface area contributed by atoms with Crippen LogP contribution in [0.25, 0.3) is 0 Å². The van der Waals surface area contributed by atoms with E-state index in [1.54, 1.807) is 6.92 Å². The van der Waals surface area contributed by atoms with Gasteiger partial charge in [-0.2, -0.15) is 0 Å². The van der Waals surface area contributed by atoms with Crippen molar-refractivity contribution in [2.24, 2.45) is 5.92 Å². The SMILES string of the molecule is CCOC(=O)c1cc2c(oc1=O)CC(C)CC2=O. The molecule has 1 atom stereocenters. The number of fused-ring (bicyclic) bond motifs is 1. The topological polar surface area (TPSA) is 73.6 Å². The molecule has 0 amide bonds. The van der Waals surface area contributed by atoms with Gasteiger partial charge in [0, 0.05) is 12.8 Å². The summed E-state index contributed by atoms with van der Waals surface area (Å²) in [6, 6.07) is 1.30. The van der Waals surface area contributed by atoms with Gasteiger partial charge in [-0.15, -0.1) is 0 Å². The van der Waals surface area contributed by atoms with Crippen LogP contribution in [0.2, 0.25) is 0 Å². The normalized spacial score (nSPS) is 18.3. The van der Waals surface area contributed by atoms with E-state index in [-0.39, 0.29) is 23.9 Å². The van der Waals surface area contributed by atoms with E-state index in [1.807, 2.05) is 6.92 Å². The van der Waals surface area contributed by atoms with Crippen molar-refractivity contribution in [1.82, 2.24) is 0 Å². The molecule has 5 nitrogen and oxygen atoms in total. The molecule has 1 aromatic rings. The summed E-state index contributed by atoms with van der Waals surface area (Å²) in [4.78, 5) is 35.0. The summed E-state index contributed by atoms with van der Waals surface area (Å²) in [6.07, 6.45) is 0.947. The predicted molar refractivity (Wildman–Crippen MR) is 62.8 cm³/mol. The van der Waals surface area contributed by atoms with E-state index in [1.165, 1.54) is 6.07 Å². The molecule has 0 fully saturated rings. The average molecular weight is 250 g/mol. The van der Waals surface area contributed by atoms with Crippen LogP contribution in [0.3, 0.4) is 0 Å². The van der Waals surface area contributed by atoms with E-state index < -0.39 is 11.6 Å². The van der Waals surface area contributed by atoms with Crippen LogP contribution in [-0.2, 0) is 11.2 Å². The van der Waals surface area contributed by atoms with Crippen molar-refractivity contribution in [1.29, 1.82) is 0 Å². The Kier molecular flexibility index (Phi) is 3.32. The minimum atomic E-state index is -0.750. The molecule has 0 N–H and O–H groups in total. The zero-order chi connectivity index (χ0) is 13.3. The molecule has 96 valence electrons. The van der Waals surface area contributed by atoms with Crippen molar-refractivity contribution in [3.05, 3.63) is 33.4 Å². The Morgan fingerprint density at radius 2 is 2.17 bits per heavy atom. The van der Waals surface area contributed by atoms with E-state index in [9.17, 15) is 14.4 Å². The number of rotatable bonds is 2. The molecule has 5 heteroatoms. The quantitative estimate of drug-likeness (QED) is 0.745. The number of ketones is 1. The summed E-state index contributed by atoms with van der Waals surface area (Å²) in [6.45, 7) is 3.73. The minimum Gasteiger partial charge on any atom is -0.462 e. The Bertz CT molecular complexity index is 555. The lowest BCUT2D eigenvalue weighted by Crippen LogP contribution is -2.24. The van der Waals surface area contributed by atoms with E-state index in [4.69, 9.17) is 9.15 Å². The van der Waals surface area contributed by atoms with Crippen LogP contribution < -0.4 is 5.63 Å². The van der Waals surface area contributed by atoms with Crippen molar-refractivity contribution in [3.8, 4) is 0 Å². The number of carbonyl (C=O) groups excluding carboxylic acids is 2. The molecule has 1 aromatic heterocycles. The number of ether oxygens (including phenoxy) is 1. The summed E-state index contributed by atoms with van der Waals surface area (Å²) in [5.41, 5.74) is -0.622. The van der Waals surface area contributed by atoms with Crippen molar-refractivity contribution < 1.29 is 18.7 Å². The van der Waals surface area contributed by atoms with E-state index >= 15 is 0 Å². The second-order valence-corrected chi connectivity index (χ2v) is 4.44. The summed E-state index contributed by atoms with van der Waals surface area (Å²) in [5.74, 6) is -0.322. The first-order valence-corrected chi connectivity index (χ1v) is 5.90. The molecule has 0 aliphatic heterocycles. The Labute approximate surface area is 104 Å². The molecule has 1 heterocycles. The lowest BCUT2D eigenvalue weighted by Gasteiger charge is -2.18. The molecule has 0 aromatic carbocycles. The van der Waals surface area contributed by atoms with Crippen LogP contribution in [-0.4, -0.2) is 18.4 Å². The summed E-state index contributed by atoms with van der Waals surface area (Å²) in [5, 5.41) is 0. The molecule has 0 spiro atoms. The Balaban J connectivity index is 2.48.